The molecule has 0 bridgehead atoms. The number of aliphatic imine (C=N–C) groups is 1. The summed E-state index contributed by atoms with van der Waals surface area (Å²) in [6.07, 6.45) is 3.08. The normalized spacial score (nSPS) is 16.6. The first-order chi connectivity index (χ1) is 9.24. The van der Waals surface area contributed by atoms with Crippen LogP contribution in [0.25, 0.3) is 6.08 Å². The highest BCUT2D eigenvalue weighted by molar-refractivity contribution is 9.10. The van der Waals surface area contributed by atoms with Crippen molar-refractivity contribution < 1.29 is 13.9 Å². The molecular formula is C14H8BrNO3. The quantitative estimate of drug-likeness (QED) is 0.630. The van der Waals surface area contributed by atoms with Gasteiger partial charge in [0, 0.05) is 10.5 Å². The fraction of sp³-hybridized carbons (Fsp3) is 0. The average molecular weight is 318 g/mol. The predicted molar refractivity (Wildman–Crippen MR) is 73.5 cm³/mol. The minimum atomic E-state index is -0.484. The molecule has 0 atom stereocenters. The smallest absolute Gasteiger partial charge is 0.363 e. The van der Waals surface area contributed by atoms with E-state index >= 15 is 0 Å². The van der Waals surface area contributed by atoms with Gasteiger partial charge in [-0.1, -0.05) is 12.1 Å². The van der Waals surface area contributed by atoms with Gasteiger partial charge in [0.05, 0.1) is 11.8 Å². The predicted octanol–water partition coefficient (Wildman–Crippen LogP) is 3.39. The van der Waals surface area contributed by atoms with Gasteiger partial charge in [0.15, 0.2) is 5.70 Å². The van der Waals surface area contributed by atoms with E-state index < -0.39 is 5.97 Å². The Morgan fingerprint density at radius 1 is 1.16 bits per heavy atom. The second-order valence-corrected chi connectivity index (χ2v) is 4.69. The van der Waals surface area contributed by atoms with Crippen LogP contribution in [0.1, 0.15) is 11.3 Å². The van der Waals surface area contributed by atoms with Crippen molar-refractivity contribution in [1.29, 1.82) is 0 Å². The Morgan fingerprint density at radius 2 is 2.00 bits per heavy atom. The van der Waals surface area contributed by atoms with Crippen LogP contribution < -0.4 is 0 Å². The first kappa shape index (κ1) is 11.9. The Hall–Kier alpha value is -2.14. The summed E-state index contributed by atoms with van der Waals surface area (Å²) in [5, 5.41) is 0. The van der Waals surface area contributed by atoms with Crippen LogP contribution in [-0.4, -0.2) is 11.9 Å². The molecular weight excluding hydrogens is 310 g/mol. The Kier molecular flexibility index (Phi) is 3.05. The van der Waals surface area contributed by atoms with Crippen molar-refractivity contribution in [3.05, 3.63) is 64.2 Å². The van der Waals surface area contributed by atoms with Gasteiger partial charge < -0.3 is 9.15 Å². The summed E-state index contributed by atoms with van der Waals surface area (Å²) in [6.45, 7) is 0. The van der Waals surface area contributed by atoms with Gasteiger partial charge in [-0.25, -0.2) is 9.79 Å². The number of nitrogens with zero attached hydrogens (tertiary/aromatic N) is 1. The van der Waals surface area contributed by atoms with E-state index in [-0.39, 0.29) is 11.6 Å². The Balaban J connectivity index is 1.98. The summed E-state index contributed by atoms with van der Waals surface area (Å²) in [4.78, 5) is 15.9. The van der Waals surface area contributed by atoms with Crippen LogP contribution >= 0.6 is 15.9 Å². The highest BCUT2D eigenvalue weighted by Crippen LogP contribution is 2.23. The van der Waals surface area contributed by atoms with Crippen LogP contribution in [0.2, 0.25) is 0 Å². The molecule has 4 nitrogen and oxygen atoms in total. The maximum Gasteiger partial charge on any atom is 0.363 e. The van der Waals surface area contributed by atoms with E-state index in [1.54, 1.807) is 18.2 Å². The van der Waals surface area contributed by atoms with E-state index in [0.29, 0.717) is 5.76 Å². The number of carbonyl (C=O) groups is 1. The number of hydrogen-bond acceptors (Lipinski definition) is 4. The fourth-order valence-electron chi connectivity index (χ4n) is 1.67. The van der Waals surface area contributed by atoms with E-state index in [1.807, 2.05) is 24.3 Å². The zero-order valence-electron chi connectivity index (χ0n) is 9.67. The van der Waals surface area contributed by atoms with Crippen molar-refractivity contribution >= 4 is 33.9 Å². The largest absolute Gasteiger partial charge is 0.465 e. The van der Waals surface area contributed by atoms with E-state index in [9.17, 15) is 4.79 Å². The van der Waals surface area contributed by atoms with Gasteiger partial charge >= 0.3 is 5.97 Å². The molecule has 0 amide bonds. The molecule has 1 aliphatic rings. The molecule has 0 saturated carbocycles. The van der Waals surface area contributed by atoms with Crippen molar-refractivity contribution in [1.82, 2.24) is 0 Å². The van der Waals surface area contributed by atoms with Crippen LogP contribution in [0.4, 0.5) is 0 Å². The molecule has 0 fully saturated rings. The monoisotopic (exact) mass is 317 g/mol. The lowest BCUT2D eigenvalue weighted by Gasteiger charge is -2.01. The molecule has 94 valence electrons. The van der Waals surface area contributed by atoms with Gasteiger partial charge in [-0.3, -0.25) is 0 Å². The molecule has 5 heteroatoms. The summed E-state index contributed by atoms with van der Waals surface area (Å²) in [5.74, 6) is 0.363. The van der Waals surface area contributed by atoms with E-state index in [2.05, 4.69) is 20.9 Å². The summed E-state index contributed by atoms with van der Waals surface area (Å²) < 4.78 is 11.1. The van der Waals surface area contributed by atoms with Gasteiger partial charge in [0.1, 0.15) is 5.76 Å². The molecule has 0 N–H and O–H groups in total. The number of benzene rings is 1. The summed E-state index contributed by atoms with van der Waals surface area (Å²) in [7, 11) is 0. The minimum absolute atomic E-state index is 0.223. The van der Waals surface area contributed by atoms with Crippen LogP contribution in [0.3, 0.4) is 0 Å². The molecule has 0 unspecified atom stereocenters. The molecule has 3 rings (SSSR count). The number of furan rings is 1. The van der Waals surface area contributed by atoms with Gasteiger partial charge in [-0.15, -0.1) is 0 Å². The summed E-state index contributed by atoms with van der Waals surface area (Å²) >= 11 is 3.40. The highest BCUT2D eigenvalue weighted by atomic mass is 79.9. The lowest BCUT2D eigenvalue weighted by Crippen LogP contribution is -2.05. The number of hydrogen-bond donors (Lipinski definition) is 0. The second-order valence-electron chi connectivity index (χ2n) is 3.83. The molecule has 0 spiro atoms. The Morgan fingerprint density at radius 3 is 2.74 bits per heavy atom. The Labute approximate surface area is 117 Å². The third-order valence-corrected chi connectivity index (χ3v) is 3.24. The molecule has 2 aromatic rings. The molecule has 0 aliphatic carbocycles. The van der Waals surface area contributed by atoms with Crippen LogP contribution in [0.5, 0.6) is 0 Å². The zero-order valence-corrected chi connectivity index (χ0v) is 11.3. The zero-order chi connectivity index (χ0) is 13.2. The number of halogens is 1. The third-order valence-electron chi connectivity index (χ3n) is 2.55. The van der Waals surface area contributed by atoms with Gasteiger partial charge in [0.2, 0.25) is 5.90 Å². The number of rotatable bonds is 2. The van der Waals surface area contributed by atoms with Crippen LogP contribution in [-0.2, 0) is 9.53 Å². The number of ether oxygens (including phenoxy) is 1. The highest BCUT2D eigenvalue weighted by Gasteiger charge is 2.25. The van der Waals surface area contributed by atoms with Gasteiger partial charge in [0.25, 0.3) is 0 Å². The Bertz CT molecular complexity index is 686. The van der Waals surface area contributed by atoms with Crippen LogP contribution in [0.15, 0.2) is 62.2 Å². The standard InChI is InChI=1S/C14H8BrNO3/c15-11-6-2-1-5-10(11)13-16-12(14(17)19-13)8-9-4-3-7-18-9/h1-8H/b12-8-. The maximum absolute atomic E-state index is 11.7. The molecule has 1 aliphatic heterocycles. The first-order valence-corrected chi connectivity index (χ1v) is 6.34. The van der Waals surface area contributed by atoms with E-state index in [0.717, 1.165) is 10.0 Å². The molecule has 1 aromatic heterocycles. The van der Waals surface area contributed by atoms with Crippen molar-refractivity contribution in [3.8, 4) is 0 Å². The number of cyclic esters (lactones) is 1. The third kappa shape index (κ3) is 2.37. The molecule has 2 heterocycles. The second kappa shape index (κ2) is 4.85. The van der Waals surface area contributed by atoms with Crippen molar-refractivity contribution in [3.63, 3.8) is 0 Å². The van der Waals surface area contributed by atoms with Crippen LogP contribution in [0, 0.1) is 0 Å². The first-order valence-electron chi connectivity index (χ1n) is 5.55. The minimum Gasteiger partial charge on any atom is -0.465 e. The van der Waals surface area contributed by atoms with Gasteiger partial charge in [-0.05, 0) is 40.2 Å². The van der Waals surface area contributed by atoms with Crippen molar-refractivity contribution in [2.24, 2.45) is 4.99 Å². The maximum atomic E-state index is 11.7. The SMILES string of the molecule is O=C1OC(c2ccccc2Br)=N/C1=C\c1ccco1. The molecule has 1 aromatic carbocycles. The lowest BCUT2D eigenvalue weighted by atomic mass is 10.2. The van der Waals surface area contributed by atoms with Gasteiger partial charge in [-0.2, -0.15) is 0 Å². The average Bonchev–Trinajstić information content (AvgIpc) is 3.02. The van der Waals surface area contributed by atoms with Crippen molar-refractivity contribution in [2.75, 3.05) is 0 Å². The number of esters is 1. The molecule has 0 radical (unpaired) electrons. The summed E-state index contributed by atoms with van der Waals surface area (Å²) in [6, 6.07) is 10.9. The lowest BCUT2D eigenvalue weighted by molar-refractivity contribution is -0.129. The van der Waals surface area contributed by atoms with E-state index in [4.69, 9.17) is 9.15 Å². The molecule has 19 heavy (non-hydrogen) atoms. The van der Waals surface area contributed by atoms with E-state index in [1.165, 1.54) is 6.26 Å². The van der Waals surface area contributed by atoms with Crippen molar-refractivity contribution in [2.45, 2.75) is 0 Å². The fourth-order valence-corrected chi connectivity index (χ4v) is 2.12. The summed E-state index contributed by atoms with van der Waals surface area (Å²) in [5.41, 5.74) is 0.958. The topological polar surface area (TPSA) is 51.8 Å². The molecule has 0 saturated heterocycles. The number of carbonyl (C=O) groups excluding carboxylic acids is 1.